The van der Waals surface area contributed by atoms with Gasteiger partial charge in [-0.15, -0.1) is 0 Å². The highest BCUT2D eigenvalue weighted by Gasteiger charge is 2.28. The lowest BCUT2D eigenvalue weighted by atomic mass is 9.99. The van der Waals surface area contributed by atoms with Gasteiger partial charge in [0, 0.05) is 27.2 Å². The Morgan fingerprint density at radius 1 is 1.39 bits per heavy atom. The normalized spacial score (nSPS) is 19.2. The van der Waals surface area contributed by atoms with E-state index in [9.17, 15) is 14.4 Å². The van der Waals surface area contributed by atoms with E-state index in [0.717, 1.165) is 0 Å². The Morgan fingerprint density at radius 3 is 2.61 bits per heavy atom. The highest BCUT2D eigenvalue weighted by atomic mass is 16.4. The van der Waals surface area contributed by atoms with Crippen molar-refractivity contribution in [3.8, 4) is 0 Å². The molecule has 1 rings (SSSR count). The van der Waals surface area contributed by atoms with Crippen molar-refractivity contribution in [2.45, 2.75) is 12.8 Å². The first-order chi connectivity index (χ1) is 8.41. The van der Waals surface area contributed by atoms with E-state index >= 15 is 0 Å². The molecule has 1 aliphatic rings. The molecule has 0 unspecified atom stereocenters. The minimum atomic E-state index is -0.878. The van der Waals surface area contributed by atoms with Crippen molar-refractivity contribution in [2.24, 2.45) is 5.92 Å². The number of aliphatic carboxylic acids is 1. The fourth-order valence-electron chi connectivity index (χ4n) is 1.78. The number of carboxylic acid groups (broad SMARTS) is 1. The maximum atomic E-state index is 11.7. The van der Waals surface area contributed by atoms with Gasteiger partial charge in [0.05, 0.1) is 12.5 Å². The van der Waals surface area contributed by atoms with Gasteiger partial charge < -0.3 is 20.2 Å². The molecule has 1 saturated heterocycles. The Labute approximate surface area is 106 Å². The van der Waals surface area contributed by atoms with Gasteiger partial charge >= 0.3 is 12.0 Å². The van der Waals surface area contributed by atoms with Crippen LogP contribution in [0.15, 0.2) is 0 Å². The third-order valence-electron chi connectivity index (χ3n) is 2.95. The monoisotopic (exact) mass is 257 g/mol. The molecule has 0 aliphatic carbocycles. The Balaban J connectivity index is 2.42. The van der Waals surface area contributed by atoms with Gasteiger partial charge in [0.2, 0.25) is 5.91 Å². The summed E-state index contributed by atoms with van der Waals surface area (Å²) < 4.78 is 0. The minimum Gasteiger partial charge on any atom is -0.481 e. The zero-order valence-corrected chi connectivity index (χ0v) is 10.7. The fraction of sp³-hybridized carbons (Fsp3) is 0.727. The number of hydrogen-bond donors (Lipinski definition) is 2. The zero-order chi connectivity index (χ0) is 13.7. The summed E-state index contributed by atoms with van der Waals surface area (Å²) in [5, 5.41) is 11.4. The van der Waals surface area contributed by atoms with Crippen LogP contribution in [-0.4, -0.2) is 66.5 Å². The summed E-state index contributed by atoms with van der Waals surface area (Å²) in [5.74, 6) is -1.58. The van der Waals surface area contributed by atoms with Crippen molar-refractivity contribution in [3.05, 3.63) is 0 Å². The maximum Gasteiger partial charge on any atom is 0.317 e. The quantitative estimate of drug-likeness (QED) is 0.718. The Morgan fingerprint density at radius 2 is 2.06 bits per heavy atom. The van der Waals surface area contributed by atoms with Crippen molar-refractivity contribution < 1.29 is 19.5 Å². The van der Waals surface area contributed by atoms with E-state index in [1.807, 2.05) is 0 Å². The number of carboxylic acids is 1. The standard InChI is InChI=1S/C11H19N3O4/c1-13(2)9(15)6-12-11(18)14-5-3-4-8(7-14)10(16)17/h8H,3-7H2,1-2H3,(H,12,18)(H,16,17)/t8-/m1/s1. The van der Waals surface area contributed by atoms with Gasteiger partial charge in [0.1, 0.15) is 0 Å². The van der Waals surface area contributed by atoms with Crippen molar-refractivity contribution in [1.29, 1.82) is 0 Å². The van der Waals surface area contributed by atoms with E-state index in [0.29, 0.717) is 19.4 Å². The molecule has 0 aromatic carbocycles. The Kier molecular flexibility index (Phi) is 4.94. The number of carbonyl (C=O) groups is 3. The number of likely N-dealkylation sites (tertiary alicyclic amines) is 1. The first kappa shape index (κ1) is 14.3. The molecule has 1 atom stereocenters. The molecule has 1 fully saturated rings. The predicted octanol–water partition coefficient (Wildman–Crippen LogP) is -0.419. The van der Waals surface area contributed by atoms with Crippen LogP contribution in [0.3, 0.4) is 0 Å². The van der Waals surface area contributed by atoms with Gasteiger partial charge in [-0.25, -0.2) is 4.79 Å². The molecule has 0 spiro atoms. The van der Waals surface area contributed by atoms with Gasteiger partial charge in [-0.1, -0.05) is 0 Å². The molecule has 0 saturated carbocycles. The summed E-state index contributed by atoms with van der Waals surface area (Å²) in [6, 6.07) is -0.379. The summed E-state index contributed by atoms with van der Waals surface area (Å²) in [5.41, 5.74) is 0. The van der Waals surface area contributed by atoms with Gasteiger partial charge in [-0.2, -0.15) is 0 Å². The summed E-state index contributed by atoms with van der Waals surface area (Å²) in [6.07, 6.45) is 1.27. The molecule has 1 heterocycles. The van der Waals surface area contributed by atoms with Crippen LogP contribution in [0.25, 0.3) is 0 Å². The number of nitrogens with one attached hydrogen (secondary N) is 1. The summed E-state index contributed by atoms with van der Waals surface area (Å²) in [4.78, 5) is 36.7. The van der Waals surface area contributed by atoms with Crippen LogP contribution in [0, 0.1) is 5.92 Å². The largest absolute Gasteiger partial charge is 0.481 e. The number of hydrogen-bond acceptors (Lipinski definition) is 3. The molecular weight excluding hydrogens is 238 g/mol. The lowest BCUT2D eigenvalue weighted by Crippen LogP contribution is -2.49. The second-order valence-corrected chi connectivity index (χ2v) is 4.57. The van der Waals surface area contributed by atoms with Gasteiger partial charge in [-0.3, -0.25) is 9.59 Å². The predicted molar refractivity (Wildman–Crippen MR) is 64.0 cm³/mol. The smallest absolute Gasteiger partial charge is 0.317 e. The van der Waals surface area contributed by atoms with E-state index in [4.69, 9.17) is 5.11 Å². The van der Waals surface area contributed by atoms with Crippen LogP contribution in [0.4, 0.5) is 4.79 Å². The van der Waals surface area contributed by atoms with Gasteiger partial charge in [-0.05, 0) is 12.8 Å². The lowest BCUT2D eigenvalue weighted by molar-refractivity contribution is -0.143. The highest BCUT2D eigenvalue weighted by molar-refractivity contribution is 5.84. The lowest BCUT2D eigenvalue weighted by Gasteiger charge is -2.30. The number of rotatable bonds is 3. The van der Waals surface area contributed by atoms with Crippen LogP contribution in [0.2, 0.25) is 0 Å². The SMILES string of the molecule is CN(C)C(=O)CNC(=O)N1CCC[C@@H](C(=O)O)C1. The van der Waals surface area contributed by atoms with E-state index < -0.39 is 11.9 Å². The molecular formula is C11H19N3O4. The second-order valence-electron chi connectivity index (χ2n) is 4.57. The minimum absolute atomic E-state index is 0.0694. The van der Waals surface area contributed by atoms with E-state index in [1.165, 1.54) is 9.80 Å². The third kappa shape index (κ3) is 3.90. The van der Waals surface area contributed by atoms with Crippen LogP contribution in [-0.2, 0) is 9.59 Å². The number of carbonyl (C=O) groups excluding carboxylic acids is 2. The fourth-order valence-corrected chi connectivity index (χ4v) is 1.78. The molecule has 0 radical (unpaired) electrons. The molecule has 7 nitrogen and oxygen atoms in total. The molecule has 102 valence electrons. The summed E-state index contributed by atoms with van der Waals surface area (Å²) in [6.45, 7) is 0.670. The maximum absolute atomic E-state index is 11.7. The van der Waals surface area contributed by atoms with E-state index in [-0.39, 0.29) is 25.0 Å². The van der Waals surface area contributed by atoms with Crippen LogP contribution in [0.1, 0.15) is 12.8 Å². The Bertz CT molecular complexity index is 343. The first-order valence-corrected chi connectivity index (χ1v) is 5.87. The molecule has 7 heteroatoms. The molecule has 1 aliphatic heterocycles. The summed E-state index contributed by atoms with van der Waals surface area (Å²) >= 11 is 0. The number of nitrogens with zero attached hydrogens (tertiary/aromatic N) is 2. The van der Waals surface area contributed by atoms with Crippen molar-refractivity contribution in [2.75, 3.05) is 33.7 Å². The average molecular weight is 257 g/mol. The van der Waals surface area contributed by atoms with Crippen molar-refractivity contribution >= 4 is 17.9 Å². The third-order valence-corrected chi connectivity index (χ3v) is 2.95. The molecule has 0 bridgehead atoms. The molecule has 3 amide bonds. The van der Waals surface area contributed by atoms with Gasteiger partial charge in [0.25, 0.3) is 0 Å². The number of likely N-dealkylation sites (N-methyl/N-ethyl adjacent to an activating group) is 1. The topological polar surface area (TPSA) is 90.0 Å². The van der Waals surface area contributed by atoms with Crippen molar-refractivity contribution in [1.82, 2.24) is 15.1 Å². The number of piperidine rings is 1. The molecule has 0 aromatic rings. The summed E-state index contributed by atoms with van der Waals surface area (Å²) in [7, 11) is 3.21. The van der Waals surface area contributed by atoms with E-state index in [2.05, 4.69) is 5.32 Å². The van der Waals surface area contributed by atoms with E-state index in [1.54, 1.807) is 14.1 Å². The van der Waals surface area contributed by atoms with Crippen LogP contribution < -0.4 is 5.32 Å². The second kappa shape index (κ2) is 6.23. The molecule has 0 aromatic heterocycles. The molecule has 18 heavy (non-hydrogen) atoms. The van der Waals surface area contributed by atoms with Crippen LogP contribution >= 0.6 is 0 Å². The number of amides is 3. The van der Waals surface area contributed by atoms with Crippen molar-refractivity contribution in [3.63, 3.8) is 0 Å². The van der Waals surface area contributed by atoms with Gasteiger partial charge in [0.15, 0.2) is 0 Å². The number of urea groups is 1. The first-order valence-electron chi connectivity index (χ1n) is 5.87. The highest BCUT2D eigenvalue weighted by Crippen LogP contribution is 2.16. The Hall–Kier alpha value is -1.79. The average Bonchev–Trinajstić information content (AvgIpc) is 2.35. The molecule has 2 N–H and O–H groups in total. The van der Waals surface area contributed by atoms with Crippen LogP contribution in [0.5, 0.6) is 0 Å². The zero-order valence-electron chi connectivity index (χ0n) is 10.7.